The first-order chi connectivity index (χ1) is 12.4. The Bertz CT molecular complexity index is 904. The lowest BCUT2D eigenvalue weighted by atomic mass is 10.2. The van der Waals surface area contributed by atoms with E-state index in [-0.39, 0.29) is 4.91 Å². The maximum absolute atomic E-state index is 12.6. The van der Waals surface area contributed by atoms with Crippen LogP contribution in [0.4, 0.5) is 4.79 Å². The van der Waals surface area contributed by atoms with Crippen LogP contribution in [0.5, 0.6) is 0 Å². The Hall–Kier alpha value is -2.07. The number of carbonyl (C=O) groups is 3. The second kappa shape index (κ2) is 7.67. The quantitative estimate of drug-likeness (QED) is 0.378. The zero-order valence-corrected chi connectivity index (χ0v) is 17.0. The molecule has 26 heavy (non-hydrogen) atoms. The van der Waals surface area contributed by atoms with Crippen molar-refractivity contribution in [2.45, 2.75) is 13.0 Å². The third-order valence-corrected chi connectivity index (χ3v) is 5.52. The van der Waals surface area contributed by atoms with E-state index < -0.39 is 23.2 Å². The maximum atomic E-state index is 12.6. The number of methoxy groups -OCH3 is 1. The zero-order valence-electron chi connectivity index (χ0n) is 14.0. The van der Waals surface area contributed by atoms with Gasteiger partial charge in [0.2, 0.25) is 0 Å². The Morgan fingerprint density at radius 3 is 2.58 bits per heavy atom. The number of esters is 1. The number of halogens is 1. The number of carbonyl (C=O) groups excluding carboxylic acids is 3. The van der Waals surface area contributed by atoms with Crippen molar-refractivity contribution < 1.29 is 19.1 Å². The topological polar surface area (TPSA) is 68.6 Å². The predicted molar refractivity (Wildman–Crippen MR) is 108 cm³/mol. The molecule has 2 amide bonds. The summed E-state index contributed by atoms with van der Waals surface area (Å²) >= 11 is 3.05. The zero-order chi connectivity index (χ0) is 18.8. The highest BCUT2D eigenvalue weighted by Crippen LogP contribution is 2.34. The summed E-state index contributed by atoms with van der Waals surface area (Å²) in [6.07, 6.45) is 3.54. The maximum Gasteiger partial charge on any atom is 0.328 e. The molecule has 8 heteroatoms. The number of imide groups is 1. The molecule has 1 atom stereocenters. The average Bonchev–Trinajstić information content (AvgIpc) is 3.19. The molecule has 1 aromatic heterocycles. The molecule has 0 N–H and O–H groups in total. The minimum atomic E-state index is -0.957. The van der Waals surface area contributed by atoms with Crippen molar-refractivity contribution in [2.24, 2.45) is 0 Å². The molecule has 1 aliphatic heterocycles. The lowest BCUT2D eigenvalue weighted by Crippen LogP contribution is -2.42. The van der Waals surface area contributed by atoms with Gasteiger partial charge in [-0.05, 0) is 83.8 Å². The van der Waals surface area contributed by atoms with E-state index in [1.165, 1.54) is 14.0 Å². The van der Waals surface area contributed by atoms with Crippen molar-refractivity contribution in [1.82, 2.24) is 9.47 Å². The van der Waals surface area contributed by atoms with Crippen LogP contribution in [0.15, 0.2) is 47.5 Å². The highest BCUT2D eigenvalue weighted by molar-refractivity contribution is 14.1. The van der Waals surface area contributed by atoms with Gasteiger partial charge >= 0.3 is 5.97 Å². The minimum absolute atomic E-state index is 0.274. The molecule has 0 bridgehead atoms. The first kappa shape index (κ1) is 18.7. The molecule has 1 aliphatic rings. The standard InChI is InChI=1S/C18H15IN2O4S/c1-11(17(23)25-2)21-16(22)15(26-18(21)24)10-14-4-3-9-20(14)13-7-5-12(19)6-8-13/h3-11H,1-2H3/b15-10+/t11-/m0/s1. The van der Waals surface area contributed by atoms with E-state index in [0.29, 0.717) is 0 Å². The Labute approximate surface area is 168 Å². The number of nitrogens with zero attached hydrogens (tertiary/aromatic N) is 2. The summed E-state index contributed by atoms with van der Waals surface area (Å²) in [4.78, 5) is 37.7. The van der Waals surface area contributed by atoms with E-state index in [1.54, 1.807) is 6.08 Å². The normalized spacial score (nSPS) is 17.0. The molecule has 0 spiro atoms. The number of hydrogen-bond acceptors (Lipinski definition) is 5. The van der Waals surface area contributed by atoms with Gasteiger partial charge in [-0.25, -0.2) is 4.79 Å². The predicted octanol–water partition coefficient (Wildman–Crippen LogP) is 3.68. The Kier molecular flexibility index (Phi) is 5.52. The first-order valence-electron chi connectivity index (χ1n) is 7.70. The molecule has 3 rings (SSSR count). The van der Waals surface area contributed by atoms with E-state index >= 15 is 0 Å². The molecule has 2 aromatic rings. The van der Waals surface area contributed by atoms with E-state index in [9.17, 15) is 14.4 Å². The molecular weight excluding hydrogens is 467 g/mol. The molecule has 0 aliphatic carbocycles. The van der Waals surface area contributed by atoms with Crippen LogP contribution in [-0.2, 0) is 14.3 Å². The van der Waals surface area contributed by atoms with Gasteiger partial charge in [-0.2, -0.15) is 0 Å². The molecule has 1 saturated heterocycles. The van der Waals surface area contributed by atoms with Crippen molar-refractivity contribution >= 4 is 57.5 Å². The molecule has 0 radical (unpaired) electrons. The summed E-state index contributed by atoms with van der Waals surface area (Å²) in [6.45, 7) is 1.47. The second-order valence-corrected chi connectivity index (χ2v) is 7.77. The number of aromatic nitrogens is 1. The molecule has 1 aromatic carbocycles. The van der Waals surface area contributed by atoms with Crippen LogP contribution < -0.4 is 0 Å². The largest absolute Gasteiger partial charge is 0.467 e. The van der Waals surface area contributed by atoms with E-state index in [4.69, 9.17) is 0 Å². The second-order valence-electron chi connectivity index (χ2n) is 5.53. The van der Waals surface area contributed by atoms with Crippen LogP contribution in [0.1, 0.15) is 12.6 Å². The fraction of sp³-hybridized carbons (Fsp3) is 0.167. The van der Waals surface area contributed by atoms with Gasteiger partial charge in [0.05, 0.1) is 12.0 Å². The molecule has 6 nitrogen and oxygen atoms in total. The monoisotopic (exact) mass is 482 g/mol. The summed E-state index contributed by atoms with van der Waals surface area (Å²) in [6, 6.07) is 10.7. The minimum Gasteiger partial charge on any atom is -0.467 e. The van der Waals surface area contributed by atoms with E-state index in [2.05, 4.69) is 27.3 Å². The third-order valence-electron chi connectivity index (χ3n) is 3.92. The van der Waals surface area contributed by atoms with Gasteiger partial charge in [0.15, 0.2) is 0 Å². The fourth-order valence-electron chi connectivity index (χ4n) is 2.57. The van der Waals surface area contributed by atoms with Gasteiger partial charge in [0.1, 0.15) is 6.04 Å². The highest BCUT2D eigenvalue weighted by atomic mass is 127. The SMILES string of the molecule is COC(=O)[C@H](C)N1C(=O)S/C(=C/c2cccn2-c2ccc(I)cc2)C1=O. The summed E-state index contributed by atoms with van der Waals surface area (Å²) in [5, 5.41) is -0.480. The van der Waals surface area contributed by atoms with Crippen LogP contribution in [0.25, 0.3) is 11.8 Å². The Morgan fingerprint density at radius 2 is 1.92 bits per heavy atom. The van der Waals surface area contributed by atoms with Gasteiger partial charge < -0.3 is 9.30 Å². The number of hydrogen-bond donors (Lipinski definition) is 0. The molecule has 134 valence electrons. The Morgan fingerprint density at radius 1 is 1.23 bits per heavy atom. The fourth-order valence-corrected chi connectivity index (χ4v) is 3.82. The van der Waals surface area contributed by atoms with Gasteiger partial charge in [-0.15, -0.1) is 0 Å². The van der Waals surface area contributed by atoms with Gasteiger partial charge in [-0.3, -0.25) is 14.5 Å². The third kappa shape index (κ3) is 3.56. The molecule has 0 unspecified atom stereocenters. The highest BCUT2D eigenvalue weighted by Gasteiger charge is 2.41. The summed E-state index contributed by atoms with van der Waals surface area (Å²) in [5.74, 6) is -1.12. The summed E-state index contributed by atoms with van der Waals surface area (Å²) in [7, 11) is 1.22. The van der Waals surface area contributed by atoms with Crippen molar-refractivity contribution in [2.75, 3.05) is 7.11 Å². The van der Waals surface area contributed by atoms with Gasteiger partial charge in [-0.1, -0.05) is 0 Å². The number of rotatable bonds is 4. The smallest absolute Gasteiger partial charge is 0.328 e. The van der Waals surface area contributed by atoms with E-state index in [1.807, 2.05) is 47.2 Å². The lowest BCUT2D eigenvalue weighted by molar-refractivity contribution is -0.148. The number of amides is 2. The van der Waals surface area contributed by atoms with Crippen LogP contribution >= 0.6 is 34.4 Å². The summed E-state index contributed by atoms with van der Waals surface area (Å²) < 4.78 is 7.68. The van der Waals surface area contributed by atoms with Crippen molar-refractivity contribution in [1.29, 1.82) is 0 Å². The van der Waals surface area contributed by atoms with Crippen LogP contribution in [0.3, 0.4) is 0 Å². The Balaban J connectivity index is 1.91. The van der Waals surface area contributed by atoms with Gasteiger partial charge in [0.25, 0.3) is 11.1 Å². The van der Waals surface area contributed by atoms with Crippen LogP contribution in [-0.4, -0.2) is 39.7 Å². The van der Waals surface area contributed by atoms with Crippen molar-refractivity contribution in [3.05, 3.63) is 56.8 Å². The first-order valence-corrected chi connectivity index (χ1v) is 9.60. The molecule has 0 saturated carbocycles. The van der Waals surface area contributed by atoms with Crippen LogP contribution in [0, 0.1) is 3.57 Å². The van der Waals surface area contributed by atoms with Gasteiger partial charge in [0, 0.05) is 21.1 Å². The average molecular weight is 482 g/mol. The molecule has 1 fully saturated rings. The van der Waals surface area contributed by atoms with Crippen LogP contribution in [0.2, 0.25) is 0 Å². The molecular formula is C18H15IN2O4S. The number of thioether (sulfide) groups is 1. The van der Waals surface area contributed by atoms with Crippen molar-refractivity contribution in [3.8, 4) is 5.69 Å². The number of benzene rings is 1. The number of ether oxygens (including phenoxy) is 1. The molecule has 2 heterocycles. The summed E-state index contributed by atoms with van der Waals surface area (Å²) in [5.41, 5.74) is 1.71. The van der Waals surface area contributed by atoms with Crippen molar-refractivity contribution in [3.63, 3.8) is 0 Å². The van der Waals surface area contributed by atoms with E-state index in [0.717, 1.165) is 31.6 Å². The lowest BCUT2D eigenvalue weighted by Gasteiger charge is -2.18.